The van der Waals surface area contributed by atoms with Gasteiger partial charge in [-0.1, -0.05) is 10.9 Å². The van der Waals surface area contributed by atoms with Crippen molar-refractivity contribution in [3.05, 3.63) is 52.4 Å². The van der Waals surface area contributed by atoms with Crippen LogP contribution in [0.1, 0.15) is 41.5 Å². The SMILES string of the molecule is CC(C)(C)[P+]1(C(C)(C)C)C[B@@-](F)(c2c(F)c(F)c(F)c(F)c2F)c2c(F)c(F)c(F)c(F)c21. The Bertz CT molecular complexity index is 1140. The summed E-state index contributed by atoms with van der Waals surface area (Å²) in [5.41, 5.74) is -3.53. The molecule has 0 fully saturated rings. The van der Waals surface area contributed by atoms with Crippen LogP contribution < -0.4 is 16.2 Å². The molecule has 0 nitrogen and oxygen atoms in total. The molecule has 0 radical (unpaired) electrons. The standard InChI is InChI=1S/C21H20BF10P/c1-20(2,3)33(21(4,5)6)7-22(32,8-10(23)13(26)16(29)14(27)11(8)24)9-12(25)15(28)17(30)18(31)19(9)33/h7H2,1-6H3/t22-/m1/s1. The number of halogens is 10. The second-order valence-electron chi connectivity index (χ2n) is 10.3. The fraction of sp³-hybridized carbons (Fsp3) is 0.429. The second kappa shape index (κ2) is 7.36. The third kappa shape index (κ3) is 3.10. The van der Waals surface area contributed by atoms with E-state index < -0.39 is 98.6 Å². The predicted molar refractivity (Wildman–Crippen MR) is 110 cm³/mol. The Morgan fingerprint density at radius 1 is 0.515 bits per heavy atom. The quantitative estimate of drug-likeness (QED) is 0.152. The van der Waals surface area contributed by atoms with Crippen LogP contribution in [0.3, 0.4) is 0 Å². The van der Waals surface area contributed by atoms with E-state index in [9.17, 15) is 30.7 Å². The van der Waals surface area contributed by atoms with E-state index in [-0.39, 0.29) is 0 Å². The summed E-state index contributed by atoms with van der Waals surface area (Å²) in [6.45, 7) is 8.89. The van der Waals surface area contributed by atoms with Crippen molar-refractivity contribution in [2.24, 2.45) is 0 Å². The molecule has 33 heavy (non-hydrogen) atoms. The molecule has 3 rings (SSSR count). The highest BCUT2D eigenvalue weighted by molar-refractivity contribution is 7.89. The molecule has 0 bridgehead atoms. The van der Waals surface area contributed by atoms with E-state index in [1.165, 1.54) is 41.5 Å². The molecule has 1 aliphatic heterocycles. The van der Waals surface area contributed by atoms with Crippen molar-refractivity contribution in [2.75, 3.05) is 6.06 Å². The normalized spacial score (nSPS) is 20.4. The van der Waals surface area contributed by atoms with Crippen molar-refractivity contribution < 1.29 is 43.8 Å². The highest BCUT2D eigenvalue weighted by atomic mass is 31.2. The minimum absolute atomic E-state index is 0.912. The topological polar surface area (TPSA) is 0 Å². The van der Waals surface area contributed by atoms with Gasteiger partial charge in [0.2, 0.25) is 11.6 Å². The van der Waals surface area contributed by atoms with Crippen LogP contribution >= 0.6 is 7.26 Å². The lowest BCUT2D eigenvalue weighted by atomic mass is 9.36. The van der Waals surface area contributed by atoms with Gasteiger partial charge in [-0.2, -0.15) is 4.39 Å². The Morgan fingerprint density at radius 3 is 1.18 bits per heavy atom. The van der Waals surface area contributed by atoms with Crippen LogP contribution in [-0.2, 0) is 0 Å². The highest BCUT2D eigenvalue weighted by Gasteiger charge is 2.69. The number of hydrogen-bond donors (Lipinski definition) is 0. The van der Waals surface area contributed by atoms with Gasteiger partial charge >= 0.3 is 0 Å². The fourth-order valence-corrected chi connectivity index (χ4v) is 12.4. The zero-order valence-electron chi connectivity index (χ0n) is 18.5. The molecule has 1 aliphatic rings. The zero-order valence-corrected chi connectivity index (χ0v) is 19.4. The molecule has 0 aromatic heterocycles. The smallest absolute Gasteiger partial charge is 0.255 e. The summed E-state index contributed by atoms with van der Waals surface area (Å²) in [7, 11) is -3.63. The van der Waals surface area contributed by atoms with Crippen molar-refractivity contribution in [1.29, 1.82) is 0 Å². The zero-order chi connectivity index (χ0) is 25.6. The molecule has 2 aromatic carbocycles. The van der Waals surface area contributed by atoms with Crippen LogP contribution in [0, 0.1) is 52.4 Å². The van der Waals surface area contributed by atoms with Gasteiger partial charge in [0.05, 0.1) is 10.3 Å². The van der Waals surface area contributed by atoms with E-state index in [0.717, 1.165) is 0 Å². The minimum atomic E-state index is -4.80. The molecule has 0 aliphatic carbocycles. The van der Waals surface area contributed by atoms with Crippen molar-refractivity contribution in [1.82, 2.24) is 0 Å². The lowest BCUT2D eigenvalue weighted by molar-refractivity contribution is 0.383. The molecular formula is C21H20BF10P. The lowest BCUT2D eigenvalue weighted by Crippen LogP contribution is -2.61. The van der Waals surface area contributed by atoms with Gasteiger partial charge in [0.1, 0.15) is 22.8 Å². The van der Waals surface area contributed by atoms with Gasteiger partial charge in [-0.05, 0) is 47.6 Å². The van der Waals surface area contributed by atoms with Gasteiger partial charge in [0.15, 0.2) is 23.3 Å². The van der Waals surface area contributed by atoms with Crippen molar-refractivity contribution >= 4 is 29.9 Å². The summed E-state index contributed by atoms with van der Waals surface area (Å²) >= 11 is 0. The Kier molecular flexibility index (Phi) is 5.77. The van der Waals surface area contributed by atoms with Crippen LogP contribution in [0.25, 0.3) is 0 Å². The highest BCUT2D eigenvalue weighted by Crippen LogP contribution is 2.78. The van der Waals surface area contributed by atoms with E-state index >= 15 is 13.1 Å². The van der Waals surface area contributed by atoms with Crippen LogP contribution in [-0.4, -0.2) is 22.8 Å². The lowest BCUT2D eigenvalue weighted by Gasteiger charge is -2.47. The monoisotopic (exact) mass is 504 g/mol. The summed E-state index contributed by atoms with van der Waals surface area (Å²) < 4.78 is 147. The summed E-state index contributed by atoms with van der Waals surface area (Å²) in [5.74, 6) is -21.6. The van der Waals surface area contributed by atoms with E-state index in [1.54, 1.807) is 0 Å². The number of hydrogen-bond acceptors (Lipinski definition) is 0. The second-order valence-corrected chi connectivity index (χ2v) is 15.4. The fourth-order valence-electron chi connectivity index (χ4n) is 5.47. The first-order valence-electron chi connectivity index (χ1n) is 9.89. The predicted octanol–water partition coefficient (Wildman–Crippen LogP) is 5.76. The molecule has 0 saturated heterocycles. The van der Waals surface area contributed by atoms with Crippen molar-refractivity contribution in [3.63, 3.8) is 0 Å². The van der Waals surface area contributed by atoms with Gasteiger partial charge in [-0.3, -0.25) is 0 Å². The maximum Gasteiger partial charge on any atom is 0.255 e. The Balaban J connectivity index is 2.67. The largest absolute Gasteiger partial charge is 0.500 e. The van der Waals surface area contributed by atoms with Crippen LogP contribution in [0.5, 0.6) is 0 Å². The summed E-state index contributed by atoms with van der Waals surface area (Å²) in [5, 5.41) is -3.28. The summed E-state index contributed by atoms with van der Waals surface area (Å²) in [4.78, 5) is 0. The van der Waals surface area contributed by atoms with Gasteiger partial charge in [0, 0.05) is 7.26 Å². The average molecular weight is 504 g/mol. The van der Waals surface area contributed by atoms with E-state index in [0.29, 0.717) is 0 Å². The maximum absolute atomic E-state index is 16.8. The molecule has 0 spiro atoms. The molecule has 0 N–H and O–H groups in total. The molecule has 0 amide bonds. The Hall–Kier alpha value is -1.77. The molecule has 1 atom stereocenters. The molecule has 2 aromatic rings. The molecule has 182 valence electrons. The first-order chi connectivity index (χ1) is 14.8. The van der Waals surface area contributed by atoms with Gasteiger partial charge < -0.3 is 4.32 Å². The van der Waals surface area contributed by atoms with Crippen molar-refractivity contribution in [2.45, 2.75) is 51.9 Å². The average Bonchev–Trinajstić information content (AvgIpc) is 2.99. The first-order valence-corrected chi connectivity index (χ1v) is 11.9. The molecule has 1 heterocycles. The van der Waals surface area contributed by atoms with Crippen LogP contribution in [0.15, 0.2) is 0 Å². The third-order valence-corrected chi connectivity index (χ3v) is 13.5. The van der Waals surface area contributed by atoms with E-state index in [4.69, 9.17) is 0 Å². The van der Waals surface area contributed by atoms with Gasteiger partial charge in [-0.15, -0.1) is 0 Å². The summed E-state index contributed by atoms with van der Waals surface area (Å²) in [6, 6.07) is -1.08. The molecule has 0 saturated carbocycles. The number of benzene rings is 2. The van der Waals surface area contributed by atoms with Crippen LogP contribution in [0.2, 0.25) is 0 Å². The van der Waals surface area contributed by atoms with Crippen LogP contribution in [0.4, 0.5) is 43.8 Å². The number of rotatable bonds is 1. The molecule has 0 unspecified atom stereocenters. The third-order valence-electron chi connectivity index (χ3n) is 6.63. The van der Waals surface area contributed by atoms with E-state index in [1.807, 2.05) is 0 Å². The molecule has 12 heteroatoms. The van der Waals surface area contributed by atoms with Gasteiger partial charge in [-0.25, -0.2) is 35.1 Å². The number of fused-ring (bicyclic) bond motifs is 1. The Morgan fingerprint density at radius 2 is 0.818 bits per heavy atom. The maximum atomic E-state index is 16.8. The Labute approximate surface area is 184 Å². The van der Waals surface area contributed by atoms with Gasteiger partial charge in [0.25, 0.3) is 6.42 Å². The molecular weight excluding hydrogens is 484 g/mol. The first kappa shape index (κ1) is 25.9. The van der Waals surface area contributed by atoms with E-state index in [2.05, 4.69) is 0 Å². The minimum Gasteiger partial charge on any atom is -0.500 e. The van der Waals surface area contributed by atoms with Crippen molar-refractivity contribution in [3.8, 4) is 0 Å². The summed E-state index contributed by atoms with van der Waals surface area (Å²) in [6.07, 6.45) is -4.80.